The highest BCUT2D eigenvalue weighted by Gasteiger charge is 2.15. The first-order valence-corrected chi connectivity index (χ1v) is 7.94. The third kappa shape index (κ3) is 3.68. The number of halogens is 1. The van der Waals surface area contributed by atoms with Crippen LogP contribution >= 0.6 is 15.9 Å². The standard InChI is InChI=1S/C18H15BrN2O2/c1-21(18(22)16-4-2-3-11-20-16)12-15-9-10-17(23-15)13-5-7-14(19)8-6-13/h2-11H,12H2,1H3. The zero-order chi connectivity index (χ0) is 16.2. The molecule has 0 radical (unpaired) electrons. The molecule has 3 rings (SSSR count). The molecule has 1 aromatic carbocycles. The van der Waals surface area contributed by atoms with Gasteiger partial charge in [0.15, 0.2) is 0 Å². The molecule has 5 heteroatoms. The monoisotopic (exact) mass is 370 g/mol. The average Bonchev–Trinajstić information content (AvgIpc) is 3.04. The van der Waals surface area contributed by atoms with Gasteiger partial charge in [-0.1, -0.05) is 34.1 Å². The highest BCUT2D eigenvalue weighted by Crippen LogP contribution is 2.24. The minimum atomic E-state index is -0.132. The van der Waals surface area contributed by atoms with Crippen molar-refractivity contribution in [3.05, 3.63) is 76.7 Å². The molecule has 0 saturated carbocycles. The number of carbonyl (C=O) groups is 1. The number of rotatable bonds is 4. The Kier molecular flexibility index (Phi) is 4.57. The smallest absolute Gasteiger partial charge is 0.272 e. The number of hydrogen-bond acceptors (Lipinski definition) is 3. The van der Waals surface area contributed by atoms with Gasteiger partial charge in [0, 0.05) is 23.3 Å². The molecule has 0 bridgehead atoms. The summed E-state index contributed by atoms with van der Waals surface area (Å²) in [5.74, 6) is 1.38. The van der Waals surface area contributed by atoms with E-state index in [4.69, 9.17) is 4.42 Å². The molecule has 0 aliphatic rings. The summed E-state index contributed by atoms with van der Waals surface area (Å²) in [6, 6.07) is 17.0. The molecule has 2 aromatic heterocycles. The maximum Gasteiger partial charge on any atom is 0.272 e. The number of carbonyl (C=O) groups excluding carboxylic acids is 1. The van der Waals surface area contributed by atoms with Crippen molar-refractivity contribution in [2.45, 2.75) is 6.54 Å². The van der Waals surface area contributed by atoms with Gasteiger partial charge in [-0.05, 0) is 36.4 Å². The van der Waals surface area contributed by atoms with Crippen LogP contribution in [0.25, 0.3) is 11.3 Å². The number of pyridine rings is 1. The molecule has 0 unspecified atom stereocenters. The molecular formula is C18H15BrN2O2. The van der Waals surface area contributed by atoms with Crippen LogP contribution < -0.4 is 0 Å². The molecule has 0 spiro atoms. The van der Waals surface area contributed by atoms with E-state index in [2.05, 4.69) is 20.9 Å². The molecule has 0 N–H and O–H groups in total. The normalized spacial score (nSPS) is 10.5. The molecule has 23 heavy (non-hydrogen) atoms. The number of nitrogens with zero attached hydrogens (tertiary/aromatic N) is 2. The number of aromatic nitrogens is 1. The average molecular weight is 371 g/mol. The Morgan fingerprint density at radius 1 is 1.13 bits per heavy atom. The van der Waals surface area contributed by atoms with Crippen molar-refractivity contribution >= 4 is 21.8 Å². The van der Waals surface area contributed by atoms with Crippen LogP contribution in [-0.2, 0) is 6.54 Å². The summed E-state index contributed by atoms with van der Waals surface area (Å²) in [6.45, 7) is 0.395. The Balaban J connectivity index is 1.71. The van der Waals surface area contributed by atoms with Gasteiger partial charge in [0.2, 0.25) is 0 Å². The molecule has 0 aliphatic carbocycles. The SMILES string of the molecule is CN(Cc1ccc(-c2ccc(Br)cc2)o1)C(=O)c1ccccn1. The van der Waals surface area contributed by atoms with Crippen LogP contribution in [0.5, 0.6) is 0 Å². The third-order valence-electron chi connectivity index (χ3n) is 3.41. The Morgan fingerprint density at radius 3 is 2.61 bits per heavy atom. The van der Waals surface area contributed by atoms with Crippen molar-refractivity contribution in [1.29, 1.82) is 0 Å². The quantitative estimate of drug-likeness (QED) is 0.684. The van der Waals surface area contributed by atoms with Crippen LogP contribution in [-0.4, -0.2) is 22.8 Å². The molecule has 0 aliphatic heterocycles. The summed E-state index contributed by atoms with van der Waals surface area (Å²) >= 11 is 3.41. The zero-order valence-corrected chi connectivity index (χ0v) is 14.2. The first-order valence-electron chi connectivity index (χ1n) is 7.14. The van der Waals surface area contributed by atoms with Gasteiger partial charge in [-0.2, -0.15) is 0 Å². The van der Waals surface area contributed by atoms with Crippen molar-refractivity contribution < 1.29 is 9.21 Å². The predicted molar refractivity (Wildman–Crippen MR) is 91.9 cm³/mol. The number of benzene rings is 1. The second-order valence-corrected chi connectivity index (χ2v) is 6.06. The molecular weight excluding hydrogens is 356 g/mol. The van der Waals surface area contributed by atoms with Crippen LogP contribution in [0.15, 0.2) is 69.7 Å². The van der Waals surface area contributed by atoms with Crippen molar-refractivity contribution in [3.63, 3.8) is 0 Å². The van der Waals surface area contributed by atoms with E-state index >= 15 is 0 Å². The summed E-state index contributed by atoms with van der Waals surface area (Å²) in [5, 5.41) is 0. The van der Waals surface area contributed by atoms with Crippen molar-refractivity contribution in [3.8, 4) is 11.3 Å². The largest absolute Gasteiger partial charge is 0.459 e. The van der Waals surface area contributed by atoms with E-state index in [9.17, 15) is 4.79 Å². The van der Waals surface area contributed by atoms with E-state index in [1.54, 1.807) is 36.3 Å². The van der Waals surface area contributed by atoms with Gasteiger partial charge in [0.05, 0.1) is 6.54 Å². The lowest BCUT2D eigenvalue weighted by Gasteiger charge is -2.14. The molecule has 116 valence electrons. The third-order valence-corrected chi connectivity index (χ3v) is 3.94. The number of amides is 1. The minimum Gasteiger partial charge on any atom is -0.459 e. The first-order chi connectivity index (χ1) is 11.1. The summed E-state index contributed by atoms with van der Waals surface area (Å²) in [5.41, 5.74) is 1.42. The fourth-order valence-electron chi connectivity index (χ4n) is 2.22. The van der Waals surface area contributed by atoms with E-state index in [1.807, 2.05) is 36.4 Å². The van der Waals surface area contributed by atoms with Gasteiger partial charge < -0.3 is 9.32 Å². The van der Waals surface area contributed by atoms with Crippen LogP contribution in [0, 0.1) is 0 Å². The van der Waals surface area contributed by atoms with E-state index in [-0.39, 0.29) is 5.91 Å². The molecule has 3 aromatic rings. The Bertz CT molecular complexity index is 797. The van der Waals surface area contributed by atoms with Gasteiger partial charge in [0.1, 0.15) is 17.2 Å². The fourth-order valence-corrected chi connectivity index (χ4v) is 2.49. The van der Waals surface area contributed by atoms with Gasteiger partial charge in [-0.3, -0.25) is 9.78 Å². The molecule has 2 heterocycles. The van der Waals surface area contributed by atoms with Gasteiger partial charge >= 0.3 is 0 Å². The molecule has 0 fully saturated rings. The zero-order valence-electron chi connectivity index (χ0n) is 12.6. The highest BCUT2D eigenvalue weighted by molar-refractivity contribution is 9.10. The predicted octanol–water partition coefficient (Wildman–Crippen LogP) is 4.38. The maximum absolute atomic E-state index is 12.3. The lowest BCUT2D eigenvalue weighted by molar-refractivity contribution is 0.0770. The van der Waals surface area contributed by atoms with Crippen LogP contribution in [0.2, 0.25) is 0 Å². The molecule has 0 saturated heterocycles. The van der Waals surface area contributed by atoms with E-state index < -0.39 is 0 Å². The van der Waals surface area contributed by atoms with Gasteiger partial charge in [0.25, 0.3) is 5.91 Å². The van der Waals surface area contributed by atoms with E-state index in [1.165, 1.54) is 0 Å². The highest BCUT2D eigenvalue weighted by atomic mass is 79.9. The summed E-state index contributed by atoms with van der Waals surface area (Å²) in [6.07, 6.45) is 1.61. The molecule has 1 amide bonds. The number of furan rings is 1. The maximum atomic E-state index is 12.3. The topological polar surface area (TPSA) is 46.3 Å². The summed E-state index contributed by atoms with van der Waals surface area (Å²) in [4.78, 5) is 17.9. The van der Waals surface area contributed by atoms with Gasteiger partial charge in [-0.25, -0.2) is 0 Å². The second-order valence-electron chi connectivity index (χ2n) is 5.15. The van der Waals surface area contributed by atoms with Crippen LogP contribution in [0.3, 0.4) is 0 Å². The first kappa shape index (κ1) is 15.5. The minimum absolute atomic E-state index is 0.132. The molecule has 4 nitrogen and oxygen atoms in total. The van der Waals surface area contributed by atoms with Gasteiger partial charge in [-0.15, -0.1) is 0 Å². The Morgan fingerprint density at radius 2 is 1.91 bits per heavy atom. The second kappa shape index (κ2) is 6.79. The number of hydrogen-bond donors (Lipinski definition) is 0. The van der Waals surface area contributed by atoms with Crippen molar-refractivity contribution in [2.24, 2.45) is 0 Å². The molecule has 0 atom stereocenters. The van der Waals surface area contributed by atoms with E-state index in [0.717, 1.165) is 21.6 Å². The lowest BCUT2D eigenvalue weighted by atomic mass is 10.2. The van der Waals surface area contributed by atoms with Crippen LogP contribution in [0.4, 0.5) is 0 Å². The van der Waals surface area contributed by atoms with Crippen molar-refractivity contribution in [2.75, 3.05) is 7.05 Å². The Hall–Kier alpha value is -2.40. The van der Waals surface area contributed by atoms with Crippen LogP contribution in [0.1, 0.15) is 16.2 Å². The van der Waals surface area contributed by atoms with E-state index in [0.29, 0.717) is 12.2 Å². The summed E-state index contributed by atoms with van der Waals surface area (Å²) < 4.78 is 6.86. The lowest BCUT2D eigenvalue weighted by Crippen LogP contribution is -2.26. The Labute approximate surface area is 142 Å². The fraction of sp³-hybridized carbons (Fsp3) is 0.111. The van der Waals surface area contributed by atoms with Crippen molar-refractivity contribution in [1.82, 2.24) is 9.88 Å². The summed E-state index contributed by atoms with van der Waals surface area (Å²) in [7, 11) is 1.73.